The van der Waals surface area contributed by atoms with E-state index in [0.29, 0.717) is 5.75 Å². The standard InChI is InChI=1S/C11H10O/c1-8-7-9-5-3-2-4-6-10(9)11(8)12/h2-7,12H,1H3. The zero-order chi connectivity index (χ0) is 8.55. The number of fused-ring (bicyclic) bond motifs is 1. The molecule has 0 bridgehead atoms. The maximum atomic E-state index is 9.61. The van der Waals surface area contributed by atoms with Crippen molar-refractivity contribution in [3.05, 3.63) is 42.0 Å². The Morgan fingerprint density at radius 2 is 1.83 bits per heavy atom. The number of hydrogen-bond acceptors (Lipinski definition) is 1. The molecule has 0 heterocycles. The molecular formula is C11H10O. The van der Waals surface area contributed by atoms with E-state index in [4.69, 9.17) is 0 Å². The third-order valence-corrected chi connectivity index (χ3v) is 2.07. The Kier molecular flexibility index (Phi) is 1.51. The van der Waals surface area contributed by atoms with Gasteiger partial charge in [-0.25, -0.2) is 0 Å². The van der Waals surface area contributed by atoms with Gasteiger partial charge in [-0.1, -0.05) is 30.3 Å². The van der Waals surface area contributed by atoms with Crippen molar-refractivity contribution in [3.8, 4) is 16.9 Å². The van der Waals surface area contributed by atoms with Crippen LogP contribution in [-0.2, 0) is 0 Å². The summed E-state index contributed by atoms with van der Waals surface area (Å²) in [7, 11) is 0. The highest BCUT2D eigenvalue weighted by Gasteiger charge is 2.09. The van der Waals surface area contributed by atoms with Crippen LogP contribution in [0.2, 0.25) is 0 Å². The second kappa shape index (κ2) is 2.52. The summed E-state index contributed by atoms with van der Waals surface area (Å²) in [6.45, 7) is 1.91. The fourth-order valence-electron chi connectivity index (χ4n) is 1.42. The molecule has 1 N–H and O–H groups in total. The van der Waals surface area contributed by atoms with Gasteiger partial charge in [0.25, 0.3) is 0 Å². The molecule has 1 heteroatoms. The van der Waals surface area contributed by atoms with Crippen LogP contribution < -0.4 is 0 Å². The molecule has 0 amide bonds. The first-order valence-electron chi connectivity index (χ1n) is 3.96. The van der Waals surface area contributed by atoms with Crippen molar-refractivity contribution in [2.24, 2.45) is 0 Å². The largest absolute Gasteiger partial charge is 0.507 e. The first-order chi connectivity index (χ1) is 5.79. The lowest BCUT2D eigenvalue weighted by Crippen LogP contribution is -1.64. The molecule has 0 aliphatic heterocycles. The van der Waals surface area contributed by atoms with E-state index in [1.165, 1.54) is 0 Å². The van der Waals surface area contributed by atoms with Gasteiger partial charge in [-0.2, -0.15) is 0 Å². The lowest BCUT2D eigenvalue weighted by atomic mass is 10.2. The Morgan fingerprint density at radius 1 is 1.08 bits per heavy atom. The Labute approximate surface area is 71.6 Å². The topological polar surface area (TPSA) is 20.2 Å². The molecule has 12 heavy (non-hydrogen) atoms. The predicted molar refractivity (Wildman–Crippen MR) is 49.5 cm³/mol. The highest BCUT2D eigenvalue weighted by molar-refractivity contribution is 5.75. The minimum Gasteiger partial charge on any atom is -0.507 e. The fourth-order valence-corrected chi connectivity index (χ4v) is 1.42. The summed E-state index contributed by atoms with van der Waals surface area (Å²) < 4.78 is 0. The first kappa shape index (κ1) is 7.17. The van der Waals surface area contributed by atoms with Gasteiger partial charge in [0, 0.05) is 5.56 Å². The number of aryl methyl sites for hydroxylation is 1. The molecule has 2 aliphatic carbocycles. The van der Waals surface area contributed by atoms with Crippen molar-refractivity contribution in [1.29, 1.82) is 0 Å². The molecule has 0 aromatic rings. The van der Waals surface area contributed by atoms with Gasteiger partial charge in [0.15, 0.2) is 0 Å². The molecule has 2 aliphatic rings. The zero-order valence-electron chi connectivity index (χ0n) is 6.91. The summed E-state index contributed by atoms with van der Waals surface area (Å²) in [6.07, 6.45) is 0. The molecule has 0 unspecified atom stereocenters. The van der Waals surface area contributed by atoms with E-state index in [9.17, 15) is 5.11 Å². The Morgan fingerprint density at radius 3 is 2.67 bits per heavy atom. The van der Waals surface area contributed by atoms with Gasteiger partial charge in [-0.3, -0.25) is 0 Å². The molecule has 0 saturated heterocycles. The molecule has 0 fully saturated rings. The van der Waals surface area contributed by atoms with Gasteiger partial charge in [0.1, 0.15) is 5.75 Å². The molecule has 0 spiro atoms. The van der Waals surface area contributed by atoms with Crippen LogP contribution >= 0.6 is 0 Å². The third kappa shape index (κ3) is 0.944. The number of hydrogen-bond donors (Lipinski definition) is 1. The highest BCUT2D eigenvalue weighted by Crippen LogP contribution is 2.35. The van der Waals surface area contributed by atoms with Crippen molar-refractivity contribution in [1.82, 2.24) is 0 Å². The summed E-state index contributed by atoms with van der Waals surface area (Å²) in [5.74, 6) is 0.404. The molecule has 1 nitrogen and oxygen atoms in total. The quantitative estimate of drug-likeness (QED) is 0.625. The number of rotatable bonds is 0. The van der Waals surface area contributed by atoms with Crippen molar-refractivity contribution in [2.45, 2.75) is 6.92 Å². The van der Waals surface area contributed by atoms with Gasteiger partial charge in [0.2, 0.25) is 0 Å². The van der Waals surface area contributed by atoms with Crippen LogP contribution in [0.25, 0.3) is 11.1 Å². The van der Waals surface area contributed by atoms with Gasteiger partial charge in [-0.15, -0.1) is 0 Å². The zero-order valence-corrected chi connectivity index (χ0v) is 6.91. The Bertz CT molecular complexity index is 379. The second-order valence-corrected chi connectivity index (χ2v) is 2.96. The fraction of sp³-hybridized carbons (Fsp3) is 0.0909. The monoisotopic (exact) mass is 158 g/mol. The van der Waals surface area contributed by atoms with Crippen LogP contribution in [0.4, 0.5) is 0 Å². The Hall–Kier alpha value is -1.50. The van der Waals surface area contributed by atoms with Crippen LogP contribution in [0.15, 0.2) is 36.4 Å². The summed E-state index contributed by atoms with van der Waals surface area (Å²) in [5, 5.41) is 9.61. The van der Waals surface area contributed by atoms with E-state index < -0.39 is 0 Å². The maximum Gasteiger partial charge on any atom is 0.126 e. The normalized spacial score (nSPS) is 10.4. The predicted octanol–water partition coefficient (Wildman–Crippen LogP) is 2.81. The van der Waals surface area contributed by atoms with Gasteiger partial charge >= 0.3 is 0 Å². The average molecular weight is 158 g/mol. The van der Waals surface area contributed by atoms with E-state index in [1.54, 1.807) is 0 Å². The third-order valence-electron chi connectivity index (χ3n) is 2.07. The van der Waals surface area contributed by atoms with Gasteiger partial charge < -0.3 is 5.11 Å². The SMILES string of the molecule is Cc1cc2cccccc-2c1O. The maximum absolute atomic E-state index is 9.61. The van der Waals surface area contributed by atoms with Gasteiger partial charge in [-0.05, 0) is 24.1 Å². The van der Waals surface area contributed by atoms with Crippen molar-refractivity contribution >= 4 is 0 Å². The molecule has 0 radical (unpaired) electrons. The summed E-state index contributed by atoms with van der Waals surface area (Å²) >= 11 is 0. The van der Waals surface area contributed by atoms with Crippen molar-refractivity contribution in [3.63, 3.8) is 0 Å². The van der Waals surface area contributed by atoms with Crippen LogP contribution in [0.1, 0.15) is 5.56 Å². The number of aromatic hydroxyl groups is 1. The molecule has 60 valence electrons. The van der Waals surface area contributed by atoms with E-state index in [1.807, 2.05) is 43.3 Å². The van der Waals surface area contributed by atoms with E-state index in [-0.39, 0.29) is 0 Å². The van der Waals surface area contributed by atoms with Crippen LogP contribution in [0.3, 0.4) is 0 Å². The summed E-state index contributed by atoms with van der Waals surface area (Å²) in [6, 6.07) is 11.8. The molecule has 0 atom stereocenters. The lowest BCUT2D eigenvalue weighted by molar-refractivity contribution is 0.475. The smallest absolute Gasteiger partial charge is 0.126 e. The van der Waals surface area contributed by atoms with Crippen molar-refractivity contribution < 1.29 is 5.11 Å². The minimum absolute atomic E-state index is 0.404. The summed E-state index contributed by atoms with van der Waals surface area (Å²) in [4.78, 5) is 0. The van der Waals surface area contributed by atoms with Gasteiger partial charge in [0.05, 0.1) is 0 Å². The van der Waals surface area contributed by atoms with E-state index in [2.05, 4.69) is 0 Å². The highest BCUT2D eigenvalue weighted by atomic mass is 16.3. The summed E-state index contributed by atoms with van der Waals surface area (Å²) in [5.41, 5.74) is 2.96. The van der Waals surface area contributed by atoms with Crippen molar-refractivity contribution in [2.75, 3.05) is 0 Å². The average Bonchev–Trinajstić information content (AvgIpc) is 2.30. The molecular weight excluding hydrogens is 148 g/mol. The van der Waals surface area contributed by atoms with Crippen LogP contribution in [0.5, 0.6) is 5.75 Å². The molecule has 2 rings (SSSR count). The minimum atomic E-state index is 0.404. The lowest BCUT2D eigenvalue weighted by Gasteiger charge is -1.91. The van der Waals surface area contributed by atoms with Crippen LogP contribution in [-0.4, -0.2) is 5.11 Å². The second-order valence-electron chi connectivity index (χ2n) is 2.96. The van der Waals surface area contributed by atoms with E-state index in [0.717, 1.165) is 16.7 Å². The molecule has 0 aromatic heterocycles. The molecule has 0 aromatic carbocycles. The van der Waals surface area contributed by atoms with Crippen LogP contribution in [0, 0.1) is 6.92 Å². The first-order valence-corrected chi connectivity index (χ1v) is 3.96. The Balaban J connectivity index is 2.79. The van der Waals surface area contributed by atoms with E-state index >= 15 is 0 Å². The molecule has 0 saturated carbocycles.